The molecule has 3 aromatic rings. The Hall–Kier alpha value is -2.64. The van der Waals surface area contributed by atoms with E-state index < -0.39 is 0 Å². The van der Waals surface area contributed by atoms with E-state index in [-0.39, 0.29) is 17.8 Å². The maximum atomic E-state index is 13.3. The normalized spacial score (nSPS) is 10.5. The first kappa shape index (κ1) is 17.2. The molecular formula is C17H13ClFN3O2S. The van der Waals surface area contributed by atoms with Crippen LogP contribution in [0.4, 0.5) is 20.6 Å². The van der Waals surface area contributed by atoms with E-state index in [0.717, 1.165) is 11.3 Å². The Morgan fingerprint density at radius 2 is 1.68 bits per heavy atom. The molecule has 0 bridgehead atoms. The number of carbonyl (C=O) groups is 2. The highest BCUT2D eigenvalue weighted by atomic mass is 35.5. The first-order valence-corrected chi connectivity index (χ1v) is 8.45. The van der Waals surface area contributed by atoms with Crippen molar-refractivity contribution in [3.05, 3.63) is 58.2 Å². The fraction of sp³-hybridized carbons (Fsp3) is 0.0588. The van der Waals surface area contributed by atoms with Crippen molar-refractivity contribution in [3.8, 4) is 0 Å². The summed E-state index contributed by atoms with van der Waals surface area (Å²) in [5, 5.41) is 8.74. The monoisotopic (exact) mass is 377 g/mol. The van der Waals surface area contributed by atoms with Crippen LogP contribution in [0, 0.1) is 5.82 Å². The average molecular weight is 378 g/mol. The first-order valence-electron chi connectivity index (χ1n) is 7.25. The van der Waals surface area contributed by atoms with E-state index in [0.29, 0.717) is 31.4 Å². The molecule has 3 amide bonds. The lowest BCUT2D eigenvalue weighted by Crippen LogP contribution is -2.24. The summed E-state index contributed by atoms with van der Waals surface area (Å²) < 4.78 is 13.9. The highest BCUT2D eigenvalue weighted by Crippen LogP contribution is 2.36. The van der Waals surface area contributed by atoms with Gasteiger partial charge in [0.05, 0.1) is 5.02 Å². The second-order valence-corrected chi connectivity index (χ2v) is 6.55. The largest absolute Gasteiger partial charge is 0.341 e. The molecule has 5 nitrogen and oxygen atoms in total. The van der Waals surface area contributed by atoms with Crippen molar-refractivity contribution in [3.63, 3.8) is 0 Å². The van der Waals surface area contributed by atoms with Crippen LogP contribution in [0.1, 0.15) is 9.67 Å². The molecule has 128 valence electrons. The maximum absolute atomic E-state index is 13.3. The van der Waals surface area contributed by atoms with E-state index in [9.17, 15) is 14.0 Å². The highest BCUT2D eigenvalue weighted by molar-refractivity contribution is 7.21. The molecule has 0 aliphatic carbocycles. The Morgan fingerprint density at radius 3 is 2.32 bits per heavy atom. The molecule has 0 fully saturated rings. The topological polar surface area (TPSA) is 70.2 Å². The molecule has 0 spiro atoms. The minimum absolute atomic E-state index is 0.301. The standard InChI is InChI=1S/C17H13ClFN3O2S/c1-20-17(24)22-11-5-3-10(4-6-11)21-16(23)15-14(18)12-7-2-9(19)8-13(12)25-15/h2-8H,1H3,(H,21,23)(H2,20,22,24). The van der Waals surface area contributed by atoms with Crippen LogP contribution in [0.5, 0.6) is 0 Å². The van der Waals surface area contributed by atoms with Gasteiger partial charge in [0.2, 0.25) is 0 Å². The summed E-state index contributed by atoms with van der Waals surface area (Å²) in [4.78, 5) is 24.0. The van der Waals surface area contributed by atoms with Crippen LogP contribution in [-0.4, -0.2) is 19.0 Å². The van der Waals surface area contributed by atoms with E-state index in [2.05, 4.69) is 16.0 Å². The molecule has 0 radical (unpaired) electrons. The van der Waals surface area contributed by atoms with Gasteiger partial charge in [0.15, 0.2) is 0 Å². The third kappa shape index (κ3) is 3.72. The van der Waals surface area contributed by atoms with E-state index in [1.54, 1.807) is 30.3 Å². The molecule has 8 heteroatoms. The zero-order valence-electron chi connectivity index (χ0n) is 13.0. The SMILES string of the molecule is CNC(=O)Nc1ccc(NC(=O)c2sc3cc(F)ccc3c2Cl)cc1. The number of hydrogen-bond donors (Lipinski definition) is 3. The minimum Gasteiger partial charge on any atom is -0.341 e. The summed E-state index contributed by atoms with van der Waals surface area (Å²) in [5.74, 6) is -0.754. The van der Waals surface area contributed by atoms with Crippen molar-refractivity contribution in [2.45, 2.75) is 0 Å². The van der Waals surface area contributed by atoms with Gasteiger partial charge in [-0.05, 0) is 42.5 Å². The number of benzene rings is 2. The summed E-state index contributed by atoms with van der Waals surface area (Å²) in [5.41, 5.74) is 1.14. The molecule has 0 aliphatic rings. The molecule has 3 N–H and O–H groups in total. The minimum atomic E-state index is -0.378. The molecule has 25 heavy (non-hydrogen) atoms. The third-order valence-corrected chi connectivity index (χ3v) is 5.08. The number of amides is 3. The lowest BCUT2D eigenvalue weighted by Gasteiger charge is -2.07. The highest BCUT2D eigenvalue weighted by Gasteiger charge is 2.17. The predicted molar refractivity (Wildman–Crippen MR) is 99.3 cm³/mol. The molecule has 0 aliphatic heterocycles. The summed E-state index contributed by atoms with van der Waals surface area (Å²) in [7, 11) is 1.52. The third-order valence-electron chi connectivity index (χ3n) is 3.43. The molecule has 1 heterocycles. The summed E-state index contributed by atoms with van der Waals surface area (Å²) in [6, 6.07) is 10.5. The van der Waals surface area contributed by atoms with Crippen LogP contribution in [0.2, 0.25) is 5.02 Å². The summed E-state index contributed by atoms with van der Waals surface area (Å²) >= 11 is 7.37. The van der Waals surface area contributed by atoms with Gasteiger partial charge in [-0.25, -0.2) is 9.18 Å². The summed E-state index contributed by atoms with van der Waals surface area (Å²) in [6.45, 7) is 0. The smallest absolute Gasteiger partial charge is 0.318 e. The van der Waals surface area contributed by atoms with Crippen molar-refractivity contribution in [1.82, 2.24) is 5.32 Å². The van der Waals surface area contributed by atoms with E-state index in [1.807, 2.05) is 0 Å². The maximum Gasteiger partial charge on any atom is 0.318 e. The van der Waals surface area contributed by atoms with Gasteiger partial charge < -0.3 is 16.0 Å². The fourth-order valence-corrected chi connectivity index (χ4v) is 3.64. The zero-order valence-corrected chi connectivity index (χ0v) is 14.6. The van der Waals surface area contributed by atoms with Crippen molar-refractivity contribution in [2.24, 2.45) is 0 Å². The lowest BCUT2D eigenvalue weighted by molar-refractivity contribution is 0.103. The van der Waals surface area contributed by atoms with Crippen molar-refractivity contribution in [1.29, 1.82) is 0 Å². The second kappa shape index (κ2) is 7.08. The van der Waals surface area contributed by atoms with Crippen molar-refractivity contribution >= 4 is 56.3 Å². The number of carbonyl (C=O) groups excluding carboxylic acids is 2. The van der Waals surface area contributed by atoms with Crippen LogP contribution in [0.15, 0.2) is 42.5 Å². The van der Waals surface area contributed by atoms with Gasteiger partial charge in [0.1, 0.15) is 10.7 Å². The Morgan fingerprint density at radius 1 is 1.04 bits per heavy atom. The molecule has 0 saturated carbocycles. The molecule has 0 unspecified atom stereocenters. The van der Waals surface area contributed by atoms with Gasteiger partial charge in [0, 0.05) is 28.5 Å². The van der Waals surface area contributed by atoms with Crippen LogP contribution in [-0.2, 0) is 0 Å². The number of rotatable bonds is 3. The Bertz CT molecular complexity index is 956. The molecule has 1 aromatic heterocycles. The van der Waals surface area contributed by atoms with Gasteiger partial charge >= 0.3 is 6.03 Å². The number of urea groups is 1. The number of anilines is 2. The van der Waals surface area contributed by atoms with Crippen molar-refractivity contribution in [2.75, 3.05) is 17.7 Å². The number of nitrogens with one attached hydrogen (secondary N) is 3. The molecule has 3 rings (SSSR count). The molecule has 0 saturated heterocycles. The zero-order chi connectivity index (χ0) is 18.0. The van der Waals surface area contributed by atoms with Crippen LogP contribution < -0.4 is 16.0 Å². The van der Waals surface area contributed by atoms with Crippen molar-refractivity contribution < 1.29 is 14.0 Å². The van der Waals surface area contributed by atoms with Crippen LogP contribution in [0.3, 0.4) is 0 Å². The molecule has 0 atom stereocenters. The average Bonchev–Trinajstić information content (AvgIpc) is 2.92. The van der Waals surface area contributed by atoms with Crippen LogP contribution in [0.25, 0.3) is 10.1 Å². The Balaban J connectivity index is 1.78. The number of halogens is 2. The summed E-state index contributed by atoms with van der Waals surface area (Å²) in [6.07, 6.45) is 0. The number of thiophene rings is 1. The van der Waals surface area contributed by atoms with Gasteiger partial charge in [-0.2, -0.15) is 0 Å². The fourth-order valence-electron chi connectivity index (χ4n) is 2.20. The molecule has 2 aromatic carbocycles. The number of hydrogen-bond acceptors (Lipinski definition) is 3. The second-order valence-electron chi connectivity index (χ2n) is 5.12. The van der Waals surface area contributed by atoms with E-state index in [4.69, 9.17) is 11.6 Å². The quantitative estimate of drug-likeness (QED) is 0.619. The van der Waals surface area contributed by atoms with Gasteiger partial charge in [-0.1, -0.05) is 11.6 Å². The van der Waals surface area contributed by atoms with Gasteiger partial charge in [-0.3, -0.25) is 4.79 Å². The molecular weight excluding hydrogens is 365 g/mol. The van der Waals surface area contributed by atoms with Gasteiger partial charge in [0.25, 0.3) is 5.91 Å². The van der Waals surface area contributed by atoms with E-state index in [1.165, 1.54) is 19.2 Å². The lowest BCUT2D eigenvalue weighted by atomic mass is 10.2. The predicted octanol–water partition coefficient (Wildman–Crippen LogP) is 4.70. The Labute approximate surface area is 151 Å². The van der Waals surface area contributed by atoms with Crippen LogP contribution >= 0.6 is 22.9 Å². The Kier molecular flexibility index (Phi) is 4.87. The first-order chi connectivity index (χ1) is 12.0. The van der Waals surface area contributed by atoms with Gasteiger partial charge in [-0.15, -0.1) is 11.3 Å². The van der Waals surface area contributed by atoms with E-state index >= 15 is 0 Å². The number of fused-ring (bicyclic) bond motifs is 1.